The normalized spacial score (nSPS) is 19.3. The number of aliphatic hydroxyl groups is 1. The molecule has 1 aromatic rings. The van der Waals surface area contributed by atoms with Gasteiger partial charge in [0.05, 0.1) is 12.6 Å². The van der Waals surface area contributed by atoms with Gasteiger partial charge in [-0.2, -0.15) is 0 Å². The van der Waals surface area contributed by atoms with Crippen molar-refractivity contribution in [1.82, 2.24) is 14.9 Å². The number of hydrogen-bond acceptors (Lipinski definition) is 6. The minimum Gasteiger partial charge on any atom is -0.394 e. The van der Waals surface area contributed by atoms with Crippen molar-refractivity contribution in [1.29, 1.82) is 0 Å². The maximum atomic E-state index is 12.4. The molecule has 1 fully saturated rings. The molecule has 2 rings (SSSR count). The first-order valence-corrected chi connectivity index (χ1v) is 6.40. The molecule has 1 aliphatic rings. The fourth-order valence-electron chi connectivity index (χ4n) is 2.35. The summed E-state index contributed by atoms with van der Waals surface area (Å²) in [6.45, 7) is 2.41. The molecule has 1 amide bonds. The van der Waals surface area contributed by atoms with E-state index >= 15 is 0 Å². The van der Waals surface area contributed by atoms with Crippen molar-refractivity contribution in [3.63, 3.8) is 0 Å². The molecule has 2 heterocycles. The Balaban J connectivity index is 2.24. The van der Waals surface area contributed by atoms with E-state index in [4.69, 9.17) is 5.84 Å². The highest BCUT2D eigenvalue weighted by atomic mass is 16.3. The zero-order chi connectivity index (χ0) is 13.8. The second kappa shape index (κ2) is 5.94. The standard InChI is InChI=1S/C12H19N5O2/c1-8-6-10(15-12(14-8)16-13)11(19)17-5-3-2-4-9(17)7-18/h6,9,18H,2-5,7,13H2,1H3,(H,14,15,16). The highest BCUT2D eigenvalue weighted by molar-refractivity contribution is 5.93. The summed E-state index contributed by atoms with van der Waals surface area (Å²) in [5, 5.41) is 9.35. The Morgan fingerprint density at radius 2 is 2.37 bits per heavy atom. The van der Waals surface area contributed by atoms with Crippen LogP contribution >= 0.6 is 0 Å². The summed E-state index contributed by atoms with van der Waals surface area (Å²) in [6, 6.07) is 1.51. The lowest BCUT2D eigenvalue weighted by Crippen LogP contribution is -2.46. The van der Waals surface area contributed by atoms with Gasteiger partial charge in [-0.05, 0) is 32.3 Å². The molecule has 0 aromatic carbocycles. The maximum Gasteiger partial charge on any atom is 0.272 e. The number of hydrazine groups is 1. The zero-order valence-electron chi connectivity index (χ0n) is 11.0. The summed E-state index contributed by atoms with van der Waals surface area (Å²) in [6.07, 6.45) is 2.82. The Morgan fingerprint density at radius 3 is 3.05 bits per heavy atom. The SMILES string of the molecule is Cc1cc(C(=O)N2CCCCC2CO)nc(NN)n1. The van der Waals surface area contributed by atoms with Gasteiger partial charge in [0.15, 0.2) is 0 Å². The fourth-order valence-corrected chi connectivity index (χ4v) is 2.35. The van der Waals surface area contributed by atoms with Crippen molar-refractivity contribution in [2.24, 2.45) is 5.84 Å². The molecule has 0 radical (unpaired) electrons. The number of rotatable bonds is 3. The topological polar surface area (TPSA) is 104 Å². The number of hydrogen-bond donors (Lipinski definition) is 3. The van der Waals surface area contributed by atoms with E-state index in [-0.39, 0.29) is 24.5 Å². The van der Waals surface area contributed by atoms with Crippen molar-refractivity contribution >= 4 is 11.9 Å². The first-order chi connectivity index (χ1) is 9.15. The number of anilines is 1. The Labute approximate surface area is 111 Å². The second-order valence-corrected chi connectivity index (χ2v) is 4.69. The van der Waals surface area contributed by atoms with E-state index in [0.29, 0.717) is 17.9 Å². The molecule has 1 atom stereocenters. The summed E-state index contributed by atoms with van der Waals surface area (Å²) < 4.78 is 0. The average molecular weight is 265 g/mol. The number of nitrogens with zero attached hydrogens (tertiary/aromatic N) is 3. The number of aromatic nitrogens is 2. The van der Waals surface area contributed by atoms with Gasteiger partial charge < -0.3 is 10.0 Å². The predicted molar refractivity (Wildman–Crippen MR) is 70.3 cm³/mol. The lowest BCUT2D eigenvalue weighted by atomic mass is 10.0. The highest BCUT2D eigenvalue weighted by Crippen LogP contribution is 2.19. The smallest absolute Gasteiger partial charge is 0.272 e. The van der Waals surface area contributed by atoms with Crippen LogP contribution in [0.15, 0.2) is 6.07 Å². The monoisotopic (exact) mass is 265 g/mol. The average Bonchev–Trinajstić information content (AvgIpc) is 2.45. The van der Waals surface area contributed by atoms with Gasteiger partial charge in [0.25, 0.3) is 5.91 Å². The van der Waals surface area contributed by atoms with Gasteiger partial charge in [0.1, 0.15) is 5.69 Å². The van der Waals surface area contributed by atoms with E-state index in [1.54, 1.807) is 17.9 Å². The molecular weight excluding hydrogens is 246 g/mol. The summed E-state index contributed by atoms with van der Waals surface area (Å²) in [4.78, 5) is 22.3. The summed E-state index contributed by atoms with van der Waals surface area (Å²) in [5.74, 6) is 5.32. The minimum atomic E-state index is -0.180. The molecule has 0 aliphatic carbocycles. The van der Waals surface area contributed by atoms with Crippen LogP contribution in [0.2, 0.25) is 0 Å². The summed E-state index contributed by atoms with van der Waals surface area (Å²) in [7, 11) is 0. The van der Waals surface area contributed by atoms with Crippen LogP contribution in [0.1, 0.15) is 35.4 Å². The highest BCUT2D eigenvalue weighted by Gasteiger charge is 2.28. The second-order valence-electron chi connectivity index (χ2n) is 4.69. The maximum absolute atomic E-state index is 12.4. The van der Waals surface area contributed by atoms with Crippen LogP contribution in [-0.4, -0.2) is 45.1 Å². The first kappa shape index (κ1) is 13.7. The number of nitrogen functional groups attached to an aromatic ring is 1. The van der Waals surface area contributed by atoms with Gasteiger partial charge >= 0.3 is 0 Å². The number of nitrogens with one attached hydrogen (secondary N) is 1. The van der Waals surface area contributed by atoms with E-state index < -0.39 is 0 Å². The van der Waals surface area contributed by atoms with Crippen LogP contribution in [0.3, 0.4) is 0 Å². The Morgan fingerprint density at radius 1 is 1.58 bits per heavy atom. The number of aryl methyl sites for hydroxylation is 1. The van der Waals surface area contributed by atoms with Crippen LogP contribution < -0.4 is 11.3 Å². The molecule has 0 saturated carbocycles. The molecule has 7 heteroatoms. The lowest BCUT2D eigenvalue weighted by molar-refractivity contribution is 0.0497. The molecule has 7 nitrogen and oxygen atoms in total. The molecular formula is C12H19N5O2. The van der Waals surface area contributed by atoms with Crippen LogP contribution in [0, 0.1) is 6.92 Å². The van der Waals surface area contributed by atoms with E-state index in [1.807, 2.05) is 0 Å². The summed E-state index contributed by atoms with van der Waals surface area (Å²) in [5.41, 5.74) is 3.33. The predicted octanol–water partition coefficient (Wildman–Crippen LogP) is 0.0576. The molecule has 19 heavy (non-hydrogen) atoms. The van der Waals surface area contributed by atoms with E-state index in [0.717, 1.165) is 19.3 Å². The fraction of sp³-hybridized carbons (Fsp3) is 0.583. The molecule has 104 valence electrons. The van der Waals surface area contributed by atoms with Crippen LogP contribution in [0.5, 0.6) is 0 Å². The zero-order valence-corrected chi connectivity index (χ0v) is 11.0. The van der Waals surface area contributed by atoms with Crippen molar-refractivity contribution in [2.75, 3.05) is 18.6 Å². The number of nitrogens with two attached hydrogens (primary N) is 1. The van der Waals surface area contributed by atoms with Gasteiger partial charge in [0, 0.05) is 12.2 Å². The van der Waals surface area contributed by atoms with Gasteiger partial charge in [-0.15, -0.1) is 0 Å². The third-order valence-electron chi connectivity index (χ3n) is 3.30. The minimum absolute atomic E-state index is 0.0161. The van der Waals surface area contributed by atoms with Gasteiger partial charge in [0.2, 0.25) is 5.95 Å². The van der Waals surface area contributed by atoms with Gasteiger partial charge in [-0.25, -0.2) is 15.8 Å². The third kappa shape index (κ3) is 2.99. The molecule has 1 unspecified atom stereocenters. The molecule has 1 aliphatic heterocycles. The largest absolute Gasteiger partial charge is 0.394 e. The van der Waals surface area contributed by atoms with Crippen LogP contribution in [-0.2, 0) is 0 Å². The number of carbonyl (C=O) groups is 1. The molecule has 0 bridgehead atoms. The number of likely N-dealkylation sites (tertiary alicyclic amines) is 1. The van der Waals surface area contributed by atoms with Crippen LogP contribution in [0.4, 0.5) is 5.95 Å². The first-order valence-electron chi connectivity index (χ1n) is 6.40. The molecule has 1 aromatic heterocycles. The van der Waals surface area contributed by atoms with Crippen molar-refractivity contribution in [3.05, 3.63) is 17.5 Å². The van der Waals surface area contributed by atoms with Crippen molar-refractivity contribution in [2.45, 2.75) is 32.2 Å². The quantitative estimate of drug-likeness (QED) is 0.527. The lowest BCUT2D eigenvalue weighted by Gasteiger charge is -2.34. The Bertz CT molecular complexity index is 465. The number of piperidine rings is 1. The van der Waals surface area contributed by atoms with Crippen molar-refractivity contribution in [3.8, 4) is 0 Å². The molecule has 4 N–H and O–H groups in total. The van der Waals surface area contributed by atoms with Crippen LogP contribution in [0.25, 0.3) is 0 Å². The van der Waals surface area contributed by atoms with E-state index in [9.17, 15) is 9.90 Å². The van der Waals surface area contributed by atoms with Gasteiger partial charge in [-0.3, -0.25) is 10.2 Å². The molecule has 1 saturated heterocycles. The van der Waals surface area contributed by atoms with E-state index in [2.05, 4.69) is 15.4 Å². The Kier molecular flexibility index (Phi) is 4.28. The Hall–Kier alpha value is -1.73. The van der Waals surface area contributed by atoms with Gasteiger partial charge in [-0.1, -0.05) is 0 Å². The van der Waals surface area contributed by atoms with Crippen molar-refractivity contribution < 1.29 is 9.90 Å². The number of carbonyl (C=O) groups excluding carboxylic acids is 1. The summed E-state index contributed by atoms with van der Waals surface area (Å²) >= 11 is 0. The number of aliphatic hydroxyl groups excluding tert-OH is 1. The molecule has 0 spiro atoms. The number of amides is 1. The van der Waals surface area contributed by atoms with E-state index in [1.165, 1.54) is 0 Å². The third-order valence-corrected chi connectivity index (χ3v) is 3.30.